The van der Waals surface area contributed by atoms with Crippen LogP contribution in [0.1, 0.15) is 18.0 Å². The zero-order valence-electron chi connectivity index (χ0n) is 7.18. The number of fused-ring (bicyclic) bond motifs is 1. The summed E-state index contributed by atoms with van der Waals surface area (Å²) in [4.78, 5) is 0.633. The maximum absolute atomic E-state index is 9.73. The van der Waals surface area contributed by atoms with Gasteiger partial charge >= 0.3 is 0 Å². The van der Waals surface area contributed by atoms with Gasteiger partial charge in [0.2, 0.25) is 0 Å². The summed E-state index contributed by atoms with van der Waals surface area (Å²) in [5, 5.41) is 0. The molecule has 4 N–H and O–H groups in total. The Hall–Kier alpha value is -0.550. The normalized spacial score (nSPS) is 27.8. The fourth-order valence-electron chi connectivity index (χ4n) is 1.64. The largest absolute Gasteiger partial charge is 0.324 e. The highest BCUT2D eigenvalue weighted by molar-refractivity contribution is 8.24. The molecule has 1 atom stereocenters. The monoisotopic (exact) mass is 199 g/mol. The van der Waals surface area contributed by atoms with E-state index < -0.39 is 10.6 Å². The molecule has 1 aromatic rings. The molecule has 1 heterocycles. The molecule has 0 amide bonds. The molecule has 13 heavy (non-hydrogen) atoms. The van der Waals surface area contributed by atoms with Crippen molar-refractivity contribution in [1.82, 2.24) is 0 Å². The van der Waals surface area contributed by atoms with Crippen LogP contribution < -0.4 is 5.73 Å². The topological polar surface area (TPSA) is 66.5 Å². The smallest absolute Gasteiger partial charge is 0.0631 e. The van der Waals surface area contributed by atoms with Crippen molar-refractivity contribution in [3.05, 3.63) is 29.8 Å². The van der Waals surface area contributed by atoms with Gasteiger partial charge in [-0.1, -0.05) is 18.2 Å². The lowest BCUT2D eigenvalue weighted by atomic mass is 10.1. The van der Waals surface area contributed by atoms with E-state index in [-0.39, 0.29) is 6.04 Å². The summed E-state index contributed by atoms with van der Waals surface area (Å²) in [6, 6.07) is 7.26. The maximum Gasteiger partial charge on any atom is 0.0631 e. The summed E-state index contributed by atoms with van der Waals surface area (Å²) in [6.45, 7) is 0. The van der Waals surface area contributed by atoms with Crippen LogP contribution in [0.3, 0.4) is 0 Å². The highest BCUT2D eigenvalue weighted by Gasteiger charge is 2.27. The second-order valence-electron chi connectivity index (χ2n) is 3.30. The molecule has 4 heteroatoms. The Morgan fingerprint density at radius 1 is 1.31 bits per heavy atom. The molecule has 0 bridgehead atoms. The Kier molecular flexibility index (Phi) is 2.08. The summed E-state index contributed by atoms with van der Waals surface area (Å²) >= 11 is 0. The molecule has 1 aromatic carbocycles. The van der Waals surface area contributed by atoms with E-state index in [9.17, 15) is 9.11 Å². The summed E-state index contributed by atoms with van der Waals surface area (Å²) < 4.78 is 19.5. The Balaban J connectivity index is 2.55. The van der Waals surface area contributed by atoms with Gasteiger partial charge in [-0.2, -0.15) is 10.6 Å². The quantitative estimate of drug-likeness (QED) is 0.600. The molecular formula is C9H13NO2S. The summed E-state index contributed by atoms with van der Waals surface area (Å²) in [6.07, 6.45) is 0.652. The van der Waals surface area contributed by atoms with Crippen LogP contribution in [0.2, 0.25) is 0 Å². The molecule has 0 aromatic heterocycles. The van der Waals surface area contributed by atoms with Gasteiger partial charge in [0.25, 0.3) is 0 Å². The lowest BCUT2D eigenvalue weighted by Gasteiger charge is -2.39. The van der Waals surface area contributed by atoms with Crippen LogP contribution in [0.4, 0.5) is 0 Å². The number of hydrogen-bond donors (Lipinski definition) is 3. The predicted molar refractivity (Wildman–Crippen MR) is 54.0 cm³/mol. The summed E-state index contributed by atoms with van der Waals surface area (Å²) in [5.41, 5.74) is 6.74. The van der Waals surface area contributed by atoms with Crippen molar-refractivity contribution in [1.29, 1.82) is 0 Å². The minimum absolute atomic E-state index is 0.0453. The van der Waals surface area contributed by atoms with E-state index in [0.29, 0.717) is 17.1 Å². The molecule has 1 aliphatic rings. The predicted octanol–water partition coefficient (Wildman–Crippen LogP) is 2.20. The first kappa shape index (κ1) is 9.02. The Bertz CT molecular complexity index is 327. The Morgan fingerprint density at radius 3 is 2.69 bits per heavy atom. The van der Waals surface area contributed by atoms with E-state index >= 15 is 0 Å². The van der Waals surface area contributed by atoms with Crippen molar-refractivity contribution in [2.75, 3.05) is 5.75 Å². The van der Waals surface area contributed by atoms with E-state index in [2.05, 4.69) is 0 Å². The van der Waals surface area contributed by atoms with Gasteiger partial charge in [-0.15, -0.1) is 0 Å². The minimum atomic E-state index is -2.55. The number of nitrogens with two attached hydrogens (primary N) is 1. The Morgan fingerprint density at radius 2 is 2.00 bits per heavy atom. The van der Waals surface area contributed by atoms with Gasteiger partial charge in [0.15, 0.2) is 0 Å². The highest BCUT2D eigenvalue weighted by Crippen LogP contribution is 2.54. The van der Waals surface area contributed by atoms with Gasteiger partial charge in [-0.3, -0.25) is 9.11 Å². The maximum atomic E-state index is 9.73. The second kappa shape index (κ2) is 2.99. The van der Waals surface area contributed by atoms with Crippen molar-refractivity contribution in [3.63, 3.8) is 0 Å². The minimum Gasteiger partial charge on any atom is -0.324 e. The summed E-state index contributed by atoms with van der Waals surface area (Å²) in [5.74, 6) is 0.394. The van der Waals surface area contributed by atoms with Crippen LogP contribution in [-0.2, 0) is 0 Å². The van der Waals surface area contributed by atoms with Gasteiger partial charge < -0.3 is 5.73 Å². The lowest BCUT2D eigenvalue weighted by molar-refractivity contribution is 0.468. The number of benzene rings is 1. The molecule has 0 unspecified atom stereocenters. The van der Waals surface area contributed by atoms with E-state index in [1.807, 2.05) is 18.2 Å². The van der Waals surface area contributed by atoms with Crippen molar-refractivity contribution < 1.29 is 9.11 Å². The van der Waals surface area contributed by atoms with Crippen LogP contribution in [0, 0.1) is 0 Å². The molecule has 0 radical (unpaired) electrons. The van der Waals surface area contributed by atoms with E-state index in [1.165, 1.54) is 0 Å². The van der Waals surface area contributed by atoms with E-state index in [4.69, 9.17) is 5.73 Å². The second-order valence-corrected chi connectivity index (χ2v) is 5.49. The first-order valence-corrected chi connectivity index (χ1v) is 5.93. The third-order valence-corrected chi connectivity index (χ3v) is 4.27. The van der Waals surface area contributed by atoms with E-state index in [0.717, 1.165) is 5.56 Å². The van der Waals surface area contributed by atoms with Crippen molar-refractivity contribution in [2.45, 2.75) is 17.4 Å². The van der Waals surface area contributed by atoms with Crippen molar-refractivity contribution in [3.8, 4) is 0 Å². The molecule has 0 saturated heterocycles. The molecule has 1 aliphatic heterocycles. The highest BCUT2D eigenvalue weighted by atomic mass is 32.3. The molecular weight excluding hydrogens is 186 g/mol. The molecule has 3 nitrogen and oxygen atoms in total. The van der Waals surface area contributed by atoms with Crippen molar-refractivity contribution in [2.24, 2.45) is 5.73 Å². The molecule has 0 saturated carbocycles. The average molecular weight is 199 g/mol. The van der Waals surface area contributed by atoms with Crippen LogP contribution in [0.25, 0.3) is 0 Å². The zero-order chi connectivity index (χ0) is 9.47. The molecule has 0 spiro atoms. The van der Waals surface area contributed by atoms with Crippen LogP contribution >= 0.6 is 10.6 Å². The third kappa shape index (κ3) is 1.46. The first-order chi connectivity index (χ1) is 6.11. The van der Waals surface area contributed by atoms with Gasteiger partial charge in [0, 0.05) is 11.8 Å². The molecule has 2 rings (SSSR count). The fraction of sp³-hybridized carbons (Fsp3) is 0.333. The van der Waals surface area contributed by atoms with Crippen LogP contribution in [0.15, 0.2) is 29.2 Å². The summed E-state index contributed by atoms with van der Waals surface area (Å²) in [7, 11) is -2.55. The Labute approximate surface area is 78.9 Å². The standard InChI is InChI=1S/C9H13NO2S/c10-8-5-6-13(11,12)9-4-2-1-3-7(8)9/h1-4,8,11-12H,5-6,10H2/t8-/m1/s1. The average Bonchev–Trinajstić information content (AvgIpc) is 2.13. The van der Waals surface area contributed by atoms with Crippen molar-refractivity contribution >= 4 is 10.6 Å². The van der Waals surface area contributed by atoms with Crippen LogP contribution in [-0.4, -0.2) is 14.9 Å². The number of hydrogen-bond acceptors (Lipinski definition) is 3. The fourth-order valence-corrected chi connectivity index (χ4v) is 3.34. The molecule has 0 aliphatic carbocycles. The SMILES string of the molecule is N[C@@H]1CCS(O)(O)c2ccccc21. The first-order valence-electron chi connectivity index (χ1n) is 4.22. The van der Waals surface area contributed by atoms with Gasteiger partial charge in [-0.25, -0.2) is 0 Å². The van der Waals surface area contributed by atoms with Gasteiger partial charge in [0.05, 0.1) is 4.90 Å². The lowest BCUT2D eigenvalue weighted by Crippen LogP contribution is -2.22. The number of rotatable bonds is 0. The van der Waals surface area contributed by atoms with Crippen LogP contribution in [0.5, 0.6) is 0 Å². The molecule has 72 valence electrons. The third-order valence-electron chi connectivity index (χ3n) is 2.38. The van der Waals surface area contributed by atoms with Gasteiger partial charge in [-0.05, 0) is 18.1 Å². The van der Waals surface area contributed by atoms with E-state index in [1.54, 1.807) is 6.07 Å². The zero-order valence-corrected chi connectivity index (χ0v) is 8.00. The van der Waals surface area contributed by atoms with Gasteiger partial charge in [0.1, 0.15) is 0 Å². The molecule has 0 fully saturated rings.